The van der Waals surface area contributed by atoms with Gasteiger partial charge in [0, 0.05) is 24.8 Å². The Balaban J connectivity index is 2.08. The fraction of sp³-hybridized carbons (Fsp3) is 0.400. The van der Waals surface area contributed by atoms with Crippen molar-refractivity contribution in [3.63, 3.8) is 0 Å². The summed E-state index contributed by atoms with van der Waals surface area (Å²) in [7, 11) is 0. The summed E-state index contributed by atoms with van der Waals surface area (Å²) >= 11 is 0. The standard InChI is InChI=1S/C10H15N5/c1-2-8(11)7-12-9-4-6-15-10(14-9)3-5-13-15/h3-6,8H,2,7,11H2,1H3,(H,12,14). The predicted molar refractivity (Wildman–Crippen MR) is 59.7 cm³/mol. The number of nitrogens with two attached hydrogens (primary N) is 1. The fourth-order valence-electron chi connectivity index (χ4n) is 1.29. The molecule has 0 aliphatic rings. The highest BCUT2D eigenvalue weighted by molar-refractivity contribution is 5.45. The minimum absolute atomic E-state index is 0.174. The van der Waals surface area contributed by atoms with Crippen molar-refractivity contribution in [2.24, 2.45) is 5.73 Å². The zero-order chi connectivity index (χ0) is 10.7. The summed E-state index contributed by atoms with van der Waals surface area (Å²) in [6, 6.07) is 3.93. The molecule has 3 N–H and O–H groups in total. The zero-order valence-electron chi connectivity index (χ0n) is 8.72. The average molecular weight is 205 g/mol. The molecule has 5 nitrogen and oxygen atoms in total. The van der Waals surface area contributed by atoms with Crippen LogP contribution in [-0.2, 0) is 0 Å². The Bertz CT molecular complexity index is 436. The fourth-order valence-corrected chi connectivity index (χ4v) is 1.29. The zero-order valence-corrected chi connectivity index (χ0v) is 8.72. The van der Waals surface area contributed by atoms with Crippen LogP contribution >= 0.6 is 0 Å². The van der Waals surface area contributed by atoms with E-state index in [4.69, 9.17) is 5.73 Å². The van der Waals surface area contributed by atoms with Gasteiger partial charge in [0.25, 0.3) is 0 Å². The van der Waals surface area contributed by atoms with Gasteiger partial charge in [-0.25, -0.2) is 9.50 Å². The van der Waals surface area contributed by atoms with Gasteiger partial charge < -0.3 is 11.1 Å². The molecule has 2 aromatic heterocycles. The van der Waals surface area contributed by atoms with Crippen molar-refractivity contribution in [1.82, 2.24) is 14.6 Å². The van der Waals surface area contributed by atoms with E-state index in [-0.39, 0.29) is 6.04 Å². The molecule has 2 rings (SSSR count). The highest BCUT2D eigenvalue weighted by Crippen LogP contribution is 2.05. The van der Waals surface area contributed by atoms with Gasteiger partial charge in [0.15, 0.2) is 5.65 Å². The normalized spacial score (nSPS) is 12.9. The van der Waals surface area contributed by atoms with E-state index in [0.29, 0.717) is 0 Å². The summed E-state index contributed by atoms with van der Waals surface area (Å²) < 4.78 is 1.73. The van der Waals surface area contributed by atoms with E-state index in [1.54, 1.807) is 10.7 Å². The monoisotopic (exact) mass is 205 g/mol. The number of hydrogen-bond donors (Lipinski definition) is 2. The molecule has 0 saturated carbocycles. The van der Waals surface area contributed by atoms with Gasteiger partial charge in [0.2, 0.25) is 0 Å². The van der Waals surface area contributed by atoms with E-state index in [9.17, 15) is 0 Å². The number of rotatable bonds is 4. The molecule has 80 valence electrons. The summed E-state index contributed by atoms with van der Waals surface area (Å²) in [5.41, 5.74) is 6.64. The lowest BCUT2D eigenvalue weighted by molar-refractivity contribution is 0.678. The third kappa shape index (κ3) is 2.24. The van der Waals surface area contributed by atoms with Gasteiger partial charge in [-0.1, -0.05) is 6.92 Å². The first-order chi connectivity index (χ1) is 7.29. The van der Waals surface area contributed by atoms with E-state index >= 15 is 0 Å². The molecule has 0 aromatic carbocycles. The van der Waals surface area contributed by atoms with Crippen LogP contribution in [0.2, 0.25) is 0 Å². The highest BCUT2D eigenvalue weighted by atomic mass is 15.2. The average Bonchev–Trinajstić information content (AvgIpc) is 2.72. The van der Waals surface area contributed by atoms with Gasteiger partial charge in [-0.15, -0.1) is 0 Å². The Morgan fingerprint density at radius 2 is 2.40 bits per heavy atom. The van der Waals surface area contributed by atoms with Crippen molar-refractivity contribution in [2.45, 2.75) is 19.4 Å². The van der Waals surface area contributed by atoms with Gasteiger partial charge in [-0.2, -0.15) is 5.10 Å². The van der Waals surface area contributed by atoms with Gasteiger partial charge >= 0.3 is 0 Å². The van der Waals surface area contributed by atoms with Crippen molar-refractivity contribution < 1.29 is 0 Å². The molecule has 0 spiro atoms. The Labute approximate surface area is 88.3 Å². The molecule has 1 atom stereocenters. The van der Waals surface area contributed by atoms with Crippen LogP contribution < -0.4 is 11.1 Å². The second kappa shape index (κ2) is 4.27. The Morgan fingerprint density at radius 1 is 1.53 bits per heavy atom. The molecule has 2 aromatic rings. The lowest BCUT2D eigenvalue weighted by Gasteiger charge is -2.10. The van der Waals surface area contributed by atoms with Gasteiger partial charge in [-0.05, 0) is 12.5 Å². The number of anilines is 1. The van der Waals surface area contributed by atoms with Crippen LogP contribution in [0.3, 0.4) is 0 Å². The van der Waals surface area contributed by atoms with Crippen molar-refractivity contribution in [1.29, 1.82) is 0 Å². The highest BCUT2D eigenvalue weighted by Gasteiger charge is 2.01. The van der Waals surface area contributed by atoms with Crippen LogP contribution in [0.1, 0.15) is 13.3 Å². The number of aromatic nitrogens is 3. The first-order valence-corrected chi connectivity index (χ1v) is 5.09. The van der Waals surface area contributed by atoms with E-state index in [1.807, 2.05) is 18.3 Å². The Kier molecular flexibility index (Phi) is 2.82. The molecule has 1 unspecified atom stereocenters. The lowest BCUT2D eigenvalue weighted by atomic mass is 10.2. The SMILES string of the molecule is CCC(N)CNc1ccn2nccc2n1. The minimum atomic E-state index is 0.174. The molecular formula is C10H15N5. The maximum absolute atomic E-state index is 5.81. The maximum atomic E-state index is 5.81. The molecule has 0 radical (unpaired) electrons. The second-order valence-corrected chi connectivity index (χ2v) is 3.50. The number of hydrogen-bond acceptors (Lipinski definition) is 4. The quantitative estimate of drug-likeness (QED) is 0.777. The Hall–Kier alpha value is -1.62. The first kappa shape index (κ1) is 9.92. The van der Waals surface area contributed by atoms with Crippen LogP contribution in [0.15, 0.2) is 24.5 Å². The van der Waals surface area contributed by atoms with Crippen molar-refractivity contribution in [3.05, 3.63) is 24.5 Å². The molecule has 0 bridgehead atoms. The smallest absolute Gasteiger partial charge is 0.157 e. The van der Waals surface area contributed by atoms with E-state index in [1.165, 1.54) is 0 Å². The molecule has 2 heterocycles. The topological polar surface area (TPSA) is 68.2 Å². The summed E-state index contributed by atoms with van der Waals surface area (Å²) in [5, 5.41) is 7.27. The largest absolute Gasteiger partial charge is 0.368 e. The molecule has 0 aliphatic heterocycles. The minimum Gasteiger partial charge on any atom is -0.368 e. The number of nitrogens with zero attached hydrogens (tertiary/aromatic N) is 3. The predicted octanol–water partition coefficient (Wildman–Crippen LogP) is 0.878. The molecule has 0 fully saturated rings. The summed E-state index contributed by atoms with van der Waals surface area (Å²) in [4.78, 5) is 4.38. The van der Waals surface area contributed by atoms with Crippen molar-refractivity contribution in [3.8, 4) is 0 Å². The summed E-state index contributed by atoms with van der Waals surface area (Å²) in [6.45, 7) is 2.81. The molecule has 0 saturated heterocycles. The van der Waals surface area contributed by atoms with Crippen molar-refractivity contribution >= 4 is 11.5 Å². The van der Waals surface area contributed by atoms with Crippen LogP contribution in [0.4, 0.5) is 5.82 Å². The third-order valence-corrected chi connectivity index (χ3v) is 2.33. The van der Waals surface area contributed by atoms with E-state index in [2.05, 4.69) is 22.3 Å². The molecular weight excluding hydrogens is 190 g/mol. The second-order valence-electron chi connectivity index (χ2n) is 3.50. The van der Waals surface area contributed by atoms with Gasteiger partial charge in [-0.3, -0.25) is 0 Å². The van der Waals surface area contributed by atoms with Crippen LogP contribution in [0.5, 0.6) is 0 Å². The van der Waals surface area contributed by atoms with Crippen LogP contribution in [-0.4, -0.2) is 27.2 Å². The van der Waals surface area contributed by atoms with Gasteiger partial charge in [0.05, 0.1) is 6.20 Å². The maximum Gasteiger partial charge on any atom is 0.157 e. The van der Waals surface area contributed by atoms with Crippen LogP contribution in [0, 0.1) is 0 Å². The molecule has 0 aliphatic carbocycles. The molecule has 0 amide bonds. The lowest BCUT2D eigenvalue weighted by Crippen LogP contribution is -2.28. The van der Waals surface area contributed by atoms with Gasteiger partial charge in [0.1, 0.15) is 5.82 Å². The molecule has 5 heteroatoms. The van der Waals surface area contributed by atoms with Crippen molar-refractivity contribution in [2.75, 3.05) is 11.9 Å². The summed E-state index contributed by atoms with van der Waals surface area (Å²) in [5.74, 6) is 0.840. The van der Waals surface area contributed by atoms with E-state index < -0.39 is 0 Å². The molecule has 15 heavy (non-hydrogen) atoms. The van der Waals surface area contributed by atoms with Crippen LogP contribution in [0.25, 0.3) is 5.65 Å². The Morgan fingerprint density at radius 3 is 3.20 bits per heavy atom. The number of nitrogens with one attached hydrogen (secondary N) is 1. The summed E-state index contributed by atoms with van der Waals surface area (Å²) in [6.07, 6.45) is 4.56. The first-order valence-electron chi connectivity index (χ1n) is 5.09. The number of fused-ring (bicyclic) bond motifs is 1. The third-order valence-electron chi connectivity index (χ3n) is 2.33. The van der Waals surface area contributed by atoms with E-state index in [0.717, 1.165) is 24.4 Å².